The average Bonchev–Trinajstić information content (AvgIpc) is 2.62. The number of aryl methyl sites for hydroxylation is 2. The Bertz CT molecular complexity index is 732. The van der Waals surface area contributed by atoms with Crippen LogP contribution in [0.2, 0.25) is 0 Å². The maximum Gasteiger partial charge on any atom is 0.118 e. The van der Waals surface area contributed by atoms with E-state index in [2.05, 4.69) is 46.0 Å². The summed E-state index contributed by atoms with van der Waals surface area (Å²) in [6.07, 6.45) is 0.760. The number of thiocarbonyl (C=S) groups is 1. The van der Waals surface area contributed by atoms with Gasteiger partial charge in [-0.25, -0.2) is 0 Å². The average molecular weight is 370 g/mol. The van der Waals surface area contributed by atoms with Crippen LogP contribution in [0.15, 0.2) is 36.4 Å². The maximum absolute atomic E-state index is 5.69. The van der Waals surface area contributed by atoms with Gasteiger partial charge >= 0.3 is 0 Å². The minimum absolute atomic E-state index is 0.760. The monoisotopic (exact) mass is 369 g/mol. The number of methoxy groups -OCH3 is 1. The lowest BCUT2D eigenvalue weighted by Gasteiger charge is -2.36. The third kappa shape index (κ3) is 5.02. The highest BCUT2D eigenvalue weighted by Gasteiger charge is 2.19. The lowest BCUT2D eigenvalue weighted by atomic mass is 10.1. The van der Waals surface area contributed by atoms with Crippen molar-refractivity contribution >= 4 is 17.2 Å². The van der Waals surface area contributed by atoms with Gasteiger partial charge in [0.05, 0.1) is 12.1 Å². The normalized spacial score (nSPS) is 15.1. The second-order valence-corrected chi connectivity index (χ2v) is 7.43. The van der Waals surface area contributed by atoms with E-state index in [4.69, 9.17) is 17.0 Å². The van der Waals surface area contributed by atoms with E-state index < -0.39 is 0 Å². The molecule has 138 valence electrons. The van der Waals surface area contributed by atoms with Crippen LogP contribution < -0.4 is 4.74 Å². The molecule has 0 saturated carbocycles. The molecule has 0 unspecified atom stereocenters. The number of pyridine rings is 1. The number of benzene rings is 1. The van der Waals surface area contributed by atoms with Crippen molar-refractivity contribution in [3.8, 4) is 5.75 Å². The maximum atomic E-state index is 5.69. The van der Waals surface area contributed by atoms with E-state index in [1.807, 2.05) is 19.1 Å². The Kier molecular flexibility index (Phi) is 6.22. The van der Waals surface area contributed by atoms with Crippen molar-refractivity contribution < 1.29 is 4.74 Å². The topological polar surface area (TPSA) is 28.6 Å². The highest BCUT2D eigenvalue weighted by atomic mass is 32.1. The van der Waals surface area contributed by atoms with Crippen molar-refractivity contribution in [3.05, 3.63) is 58.9 Å². The van der Waals surface area contributed by atoms with Crippen LogP contribution in [0, 0.1) is 13.8 Å². The van der Waals surface area contributed by atoms with E-state index in [0.717, 1.165) is 61.3 Å². The molecule has 0 spiro atoms. The van der Waals surface area contributed by atoms with E-state index in [0.29, 0.717) is 0 Å². The Morgan fingerprint density at radius 3 is 2.38 bits per heavy atom. The zero-order chi connectivity index (χ0) is 18.5. The summed E-state index contributed by atoms with van der Waals surface area (Å²) in [7, 11) is 1.70. The minimum Gasteiger partial charge on any atom is -0.497 e. The molecule has 2 heterocycles. The molecule has 0 atom stereocenters. The summed E-state index contributed by atoms with van der Waals surface area (Å²) < 4.78 is 5.22. The molecular weight excluding hydrogens is 342 g/mol. The molecule has 0 N–H and O–H groups in total. The highest BCUT2D eigenvalue weighted by Crippen LogP contribution is 2.15. The molecule has 0 amide bonds. The molecule has 0 aliphatic carbocycles. The third-order valence-corrected chi connectivity index (χ3v) is 5.18. The fraction of sp³-hybridized carbons (Fsp3) is 0.429. The van der Waals surface area contributed by atoms with Gasteiger partial charge in [0.15, 0.2) is 0 Å². The van der Waals surface area contributed by atoms with E-state index in [1.54, 1.807) is 7.11 Å². The second kappa shape index (κ2) is 8.60. The van der Waals surface area contributed by atoms with E-state index in [9.17, 15) is 0 Å². The van der Waals surface area contributed by atoms with Crippen molar-refractivity contribution in [2.24, 2.45) is 0 Å². The molecule has 2 aromatic rings. The molecule has 1 aliphatic rings. The Labute approximate surface area is 161 Å². The first-order chi connectivity index (χ1) is 12.5. The van der Waals surface area contributed by atoms with Gasteiger partial charge in [-0.05, 0) is 49.2 Å². The van der Waals surface area contributed by atoms with Crippen LogP contribution in [0.25, 0.3) is 0 Å². The zero-order valence-corrected chi connectivity index (χ0v) is 16.7. The van der Waals surface area contributed by atoms with Gasteiger partial charge in [-0.2, -0.15) is 0 Å². The largest absolute Gasteiger partial charge is 0.497 e. The molecule has 3 rings (SSSR count). The van der Waals surface area contributed by atoms with Gasteiger partial charge in [0.2, 0.25) is 0 Å². The van der Waals surface area contributed by atoms with Crippen LogP contribution in [-0.2, 0) is 13.0 Å². The molecule has 0 radical (unpaired) electrons. The van der Waals surface area contributed by atoms with Gasteiger partial charge in [0, 0.05) is 50.5 Å². The molecule has 26 heavy (non-hydrogen) atoms. The standard InChI is InChI=1S/C21H27N3OS/c1-16-12-17(2)22-19(13-16)14-21(26)24-10-8-23(9-11-24)15-18-4-6-20(25-3)7-5-18/h4-7,12-13H,8-11,14-15H2,1-3H3. The van der Waals surface area contributed by atoms with Crippen molar-refractivity contribution in [1.82, 2.24) is 14.8 Å². The SMILES string of the molecule is COc1ccc(CN2CCN(C(=S)Cc3cc(C)cc(C)n3)CC2)cc1. The first-order valence-electron chi connectivity index (χ1n) is 9.11. The zero-order valence-electron chi connectivity index (χ0n) is 15.9. The summed E-state index contributed by atoms with van der Waals surface area (Å²) in [5.41, 5.74) is 4.71. The summed E-state index contributed by atoms with van der Waals surface area (Å²) in [5, 5.41) is 0. The number of piperazine rings is 1. The van der Waals surface area contributed by atoms with Gasteiger partial charge in [0.25, 0.3) is 0 Å². The molecular formula is C21H27N3OS. The number of aromatic nitrogens is 1. The summed E-state index contributed by atoms with van der Waals surface area (Å²) in [6, 6.07) is 12.6. The molecule has 1 fully saturated rings. The van der Waals surface area contributed by atoms with Gasteiger partial charge < -0.3 is 9.64 Å². The molecule has 4 nitrogen and oxygen atoms in total. The number of ether oxygens (including phenoxy) is 1. The van der Waals surface area contributed by atoms with Gasteiger partial charge in [-0.1, -0.05) is 24.4 Å². The molecule has 1 aromatic heterocycles. The smallest absolute Gasteiger partial charge is 0.118 e. The van der Waals surface area contributed by atoms with Crippen LogP contribution in [0.3, 0.4) is 0 Å². The Hall–Kier alpha value is -1.98. The van der Waals surface area contributed by atoms with Crippen molar-refractivity contribution in [3.63, 3.8) is 0 Å². The molecule has 0 bridgehead atoms. The fourth-order valence-corrected chi connectivity index (χ4v) is 3.76. The van der Waals surface area contributed by atoms with Crippen LogP contribution in [0.4, 0.5) is 0 Å². The Balaban J connectivity index is 1.50. The number of rotatable bonds is 5. The van der Waals surface area contributed by atoms with Gasteiger partial charge in [-0.3, -0.25) is 9.88 Å². The fourth-order valence-electron chi connectivity index (χ4n) is 3.43. The molecule has 1 aliphatic heterocycles. The van der Waals surface area contributed by atoms with Gasteiger partial charge in [-0.15, -0.1) is 0 Å². The number of nitrogens with zero attached hydrogens (tertiary/aromatic N) is 3. The van der Waals surface area contributed by atoms with E-state index in [1.165, 1.54) is 11.1 Å². The number of hydrogen-bond donors (Lipinski definition) is 0. The Morgan fingerprint density at radius 2 is 1.77 bits per heavy atom. The first-order valence-corrected chi connectivity index (χ1v) is 9.51. The third-order valence-electron chi connectivity index (χ3n) is 4.77. The summed E-state index contributed by atoms with van der Waals surface area (Å²) in [5.74, 6) is 0.906. The summed E-state index contributed by atoms with van der Waals surface area (Å²) in [6.45, 7) is 9.17. The molecule has 1 saturated heterocycles. The van der Waals surface area contributed by atoms with Gasteiger partial charge in [0.1, 0.15) is 5.75 Å². The lowest BCUT2D eigenvalue weighted by Crippen LogP contribution is -2.48. The summed E-state index contributed by atoms with van der Waals surface area (Å²) in [4.78, 5) is 10.4. The number of hydrogen-bond acceptors (Lipinski definition) is 4. The highest BCUT2D eigenvalue weighted by molar-refractivity contribution is 7.80. The van der Waals surface area contributed by atoms with Crippen molar-refractivity contribution in [2.45, 2.75) is 26.8 Å². The van der Waals surface area contributed by atoms with E-state index >= 15 is 0 Å². The molecule has 5 heteroatoms. The predicted molar refractivity (Wildman–Crippen MR) is 110 cm³/mol. The van der Waals surface area contributed by atoms with Crippen molar-refractivity contribution in [1.29, 1.82) is 0 Å². The Morgan fingerprint density at radius 1 is 1.08 bits per heavy atom. The minimum atomic E-state index is 0.760. The second-order valence-electron chi connectivity index (χ2n) is 6.96. The summed E-state index contributed by atoms with van der Waals surface area (Å²) >= 11 is 5.69. The van der Waals surface area contributed by atoms with Crippen LogP contribution in [-0.4, -0.2) is 53.1 Å². The quantitative estimate of drug-likeness (QED) is 0.754. The molecule has 1 aromatic carbocycles. The van der Waals surface area contributed by atoms with Crippen molar-refractivity contribution in [2.75, 3.05) is 33.3 Å². The lowest BCUT2D eigenvalue weighted by molar-refractivity contribution is 0.176. The first kappa shape index (κ1) is 18.8. The van der Waals surface area contributed by atoms with E-state index in [-0.39, 0.29) is 0 Å². The predicted octanol–water partition coefficient (Wildman–Crippen LogP) is 3.39. The van der Waals surface area contributed by atoms with Crippen LogP contribution >= 0.6 is 12.2 Å². The van der Waals surface area contributed by atoms with Crippen LogP contribution in [0.5, 0.6) is 5.75 Å². The van der Waals surface area contributed by atoms with Crippen LogP contribution in [0.1, 0.15) is 22.5 Å².